The summed E-state index contributed by atoms with van der Waals surface area (Å²) < 4.78 is 14.1. The third-order valence-corrected chi connectivity index (χ3v) is 5.27. The lowest BCUT2D eigenvalue weighted by Crippen LogP contribution is -2.41. The van der Waals surface area contributed by atoms with Crippen LogP contribution < -0.4 is 0 Å². The van der Waals surface area contributed by atoms with Crippen molar-refractivity contribution in [3.63, 3.8) is 0 Å². The van der Waals surface area contributed by atoms with Gasteiger partial charge in [0.2, 0.25) is 0 Å². The molecule has 0 amide bonds. The number of hydrogen-bond donors (Lipinski definition) is 0. The Labute approximate surface area is 111 Å². The normalized spacial score (nSPS) is 45.8. The van der Waals surface area contributed by atoms with E-state index < -0.39 is 5.67 Å². The van der Waals surface area contributed by atoms with Crippen molar-refractivity contribution in [2.75, 3.05) is 0 Å². The van der Waals surface area contributed by atoms with E-state index in [0.29, 0.717) is 24.7 Å². The molecule has 104 valence electrons. The van der Waals surface area contributed by atoms with Gasteiger partial charge in [0.25, 0.3) is 0 Å². The minimum atomic E-state index is -1.12. The highest BCUT2D eigenvalue weighted by atomic mass is 19.1. The number of alkyl halides is 1. The molecule has 2 aliphatic carbocycles. The summed E-state index contributed by atoms with van der Waals surface area (Å²) in [5.41, 5.74) is -1.12. The van der Waals surface area contributed by atoms with Crippen molar-refractivity contribution in [2.45, 2.75) is 71.4 Å². The molecule has 2 fully saturated rings. The molecule has 0 aliphatic heterocycles. The Balaban J connectivity index is 2.08. The van der Waals surface area contributed by atoms with Gasteiger partial charge in [-0.3, -0.25) is 4.79 Å². The van der Waals surface area contributed by atoms with Crippen molar-refractivity contribution < 1.29 is 9.18 Å². The molecule has 0 N–H and O–H groups in total. The van der Waals surface area contributed by atoms with Gasteiger partial charge in [-0.05, 0) is 57.3 Å². The van der Waals surface area contributed by atoms with Gasteiger partial charge in [0.15, 0.2) is 0 Å². The predicted octanol–water partition coefficient (Wildman–Crippen LogP) is 4.55. The largest absolute Gasteiger partial charge is 0.300 e. The van der Waals surface area contributed by atoms with Gasteiger partial charge in [-0.1, -0.05) is 26.2 Å². The second kappa shape index (κ2) is 5.30. The standard InChI is InChI=1S/C16H27FO/c1-11-5-4-6-13(9-11)14-7-8-16(3,17)10-15(14)12(2)18/h11,13-15H,4-10H2,1-3H3. The van der Waals surface area contributed by atoms with Crippen LogP contribution in [-0.2, 0) is 4.79 Å². The summed E-state index contributed by atoms with van der Waals surface area (Å²) in [6, 6.07) is 0. The minimum Gasteiger partial charge on any atom is -0.300 e. The number of ketones is 1. The number of halogens is 1. The Hall–Kier alpha value is -0.400. The van der Waals surface area contributed by atoms with E-state index in [2.05, 4.69) is 6.92 Å². The third-order valence-electron chi connectivity index (χ3n) is 5.27. The van der Waals surface area contributed by atoms with E-state index in [9.17, 15) is 9.18 Å². The van der Waals surface area contributed by atoms with Crippen LogP contribution in [0.5, 0.6) is 0 Å². The first-order valence-corrected chi connectivity index (χ1v) is 7.58. The van der Waals surface area contributed by atoms with Gasteiger partial charge in [0.05, 0.1) is 0 Å². The van der Waals surface area contributed by atoms with Crippen molar-refractivity contribution in [3.8, 4) is 0 Å². The lowest BCUT2D eigenvalue weighted by molar-refractivity contribution is -0.127. The monoisotopic (exact) mass is 254 g/mol. The van der Waals surface area contributed by atoms with Crippen LogP contribution >= 0.6 is 0 Å². The zero-order chi connectivity index (χ0) is 13.3. The molecule has 2 aliphatic rings. The number of hydrogen-bond acceptors (Lipinski definition) is 1. The zero-order valence-electron chi connectivity index (χ0n) is 12.0. The summed E-state index contributed by atoms with van der Waals surface area (Å²) in [6.45, 7) is 5.64. The van der Waals surface area contributed by atoms with Gasteiger partial charge in [0, 0.05) is 5.92 Å². The summed E-state index contributed by atoms with van der Waals surface area (Å²) >= 11 is 0. The molecule has 2 saturated carbocycles. The van der Waals surface area contributed by atoms with Crippen molar-refractivity contribution in [1.29, 1.82) is 0 Å². The van der Waals surface area contributed by atoms with Crippen molar-refractivity contribution in [3.05, 3.63) is 0 Å². The van der Waals surface area contributed by atoms with Crippen LogP contribution in [0, 0.1) is 23.7 Å². The highest BCUT2D eigenvalue weighted by molar-refractivity contribution is 5.78. The Morgan fingerprint density at radius 3 is 2.61 bits per heavy atom. The van der Waals surface area contributed by atoms with Crippen molar-refractivity contribution >= 4 is 5.78 Å². The molecular weight excluding hydrogens is 227 g/mol. The van der Waals surface area contributed by atoms with Crippen molar-refractivity contribution in [2.24, 2.45) is 23.7 Å². The summed E-state index contributed by atoms with van der Waals surface area (Å²) in [5.74, 6) is 2.09. The smallest absolute Gasteiger partial charge is 0.133 e. The van der Waals surface area contributed by atoms with Crippen LogP contribution in [-0.4, -0.2) is 11.5 Å². The van der Waals surface area contributed by atoms with Crippen LogP contribution in [0.1, 0.15) is 65.7 Å². The maximum absolute atomic E-state index is 14.1. The molecule has 0 aromatic rings. The first-order chi connectivity index (χ1) is 8.39. The van der Waals surface area contributed by atoms with Crippen LogP contribution in [0.25, 0.3) is 0 Å². The second-order valence-corrected chi connectivity index (χ2v) is 7.07. The molecule has 0 aromatic heterocycles. The molecule has 0 heterocycles. The Morgan fingerprint density at radius 2 is 2.00 bits per heavy atom. The van der Waals surface area contributed by atoms with Gasteiger partial charge in [0.1, 0.15) is 11.5 Å². The average Bonchev–Trinajstić information content (AvgIpc) is 2.27. The lowest BCUT2D eigenvalue weighted by Gasteiger charge is -2.43. The predicted molar refractivity (Wildman–Crippen MR) is 72.1 cm³/mol. The van der Waals surface area contributed by atoms with E-state index in [-0.39, 0.29) is 11.7 Å². The molecule has 2 heteroatoms. The molecule has 0 spiro atoms. The summed E-state index contributed by atoms with van der Waals surface area (Å²) in [5, 5.41) is 0. The highest BCUT2D eigenvalue weighted by Crippen LogP contribution is 2.47. The van der Waals surface area contributed by atoms with Crippen LogP contribution in [0.4, 0.5) is 4.39 Å². The number of rotatable bonds is 2. The van der Waals surface area contributed by atoms with Crippen LogP contribution in [0.2, 0.25) is 0 Å². The molecular formula is C16H27FO. The fraction of sp³-hybridized carbons (Fsp3) is 0.938. The number of carbonyl (C=O) groups excluding carboxylic acids is 1. The van der Waals surface area contributed by atoms with Gasteiger partial charge in [-0.25, -0.2) is 4.39 Å². The quantitative estimate of drug-likeness (QED) is 0.706. The summed E-state index contributed by atoms with van der Waals surface area (Å²) in [6.07, 6.45) is 7.13. The van der Waals surface area contributed by atoms with E-state index in [1.165, 1.54) is 25.7 Å². The molecule has 0 radical (unpaired) electrons. The maximum atomic E-state index is 14.1. The number of Topliss-reactive ketones (excluding diaryl/α,β-unsaturated/α-hetero) is 1. The molecule has 1 nitrogen and oxygen atoms in total. The maximum Gasteiger partial charge on any atom is 0.133 e. The lowest BCUT2D eigenvalue weighted by atomic mass is 9.63. The van der Waals surface area contributed by atoms with Crippen LogP contribution in [0.15, 0.2) is 0 Å². The molecule has 0 bridgehead atoms. The second-order valence-electron chi connectivity index (χ2n) is 7.07. The van der Waals surface area contributed by atoms with E-state index >= 15 is 0 Å². The van der Waals surface area contributed by atoms with Crippen molar-refractivity contribution in [1.82, 2.24) is 0 Å². The summed E-state index contributed by atoms with van der Waals surface area (Å²) in [7, 11) is 0. The molecule has 0 saturated heterocycles. The zero-order valence-corrected chi connectivity index (χ0v) is 12.0. The highest BCUT2D eigenvalue weighted by Gasteiger charge is 2.43. The molecule has 2 rings (SSSR count). The molecule has 5 atom stereocenters. The van der Waals surface area contributed by atoms with E-state index in [1.54, 1.807) is 13.8 Å². The fourth-order valence-corrected chi connectivity index (χ4v) is 4.26. The first-order valence-electron chi connectivity index (χ1n) is 7.58. The van der Waals surface area contributed by atoms with Crippen LogP contribution in [0.3, 0.4) is 0 Å². The Kier molecular flexibility index (Phi) is 4.13. The van der Waals surface area contributed by atoms with Gasteiger partial charge in [-0.2, -0.15) is 0 Å². The molecule has 18 heavy (non-hydrogen) atoms. The van der Waals surface area contributed by atoms with E-state index in [0.717, 1.165) is 12.3 Å². The van der Waals surface area contributed by atoms with Gasteiger partial charge in [-0.15, -0.1) is 0 Å². The Bertz CT molecular complexity index is 310. The minimum absolute atomic E-state index is 0.0240. The van der Waals surface area contributed by atoms with E-state index in [1.807, 2.05) is 0 Å². The summed E-state index contributed by atoms with van der Waals surface area (Å²) in [4.78, 5) is 11.9. The molecule has 5 unspecified atom stereocenters. The Morgan fingerprint density at radius 1 is 1.28 bits per heavy atom. The first kappa shape index (κ1) is 14.0. The third kappa shape index (κ3) is 3.13. The average molecular weight is 254 g/mol. The number of carbonyl (C=O) groups is 1. The topological polar surface area (TPSA) is 17.1 Å². The fourth-order valence-electron chi connectivity index (χ4n) is 4.26. The van der Waals surface area contributed by atoms with Gasteiger partial charge >= 0.3 is 0 Å². The van der Waals surface area contributed by atoms with E-state index in [4.69, 9.17) is 0 Å². The SMILES string of the molecule is CC(=O)C1CC(C)(F)CCC1C1CCCC(C)C1. The molecule has 0 aromatic carbocycles. The van der Waals surface area contributed by atoms with Gasteiger partial charge < -0.3 is 0 Å².